The molecular weight excluding hydrogens is 997 g/mol. The Morgan fingerprint density at radius 2 is 0.481 bits per heavy atom. The van der Waals surface area contributed by atoms with Crippen LogP contribution in [0.1, 0.15) is 329 Å². The van der Waals surface area contributed by atoms with E-state index in [4.69, 9.17) is 14.2 Å². The zero-order valence-corrected chi connectivity index (χ0v) is 53.3. The molecule has 0 aromatic rings. The highest BCUT2D eigenvalue weighted by atomic mass is 16.6. The number of carbonyl (C=O) groups is 3. The molecule has 464 valence electrons. The van der Waals surface area contributed by atoms with Crippen molar-refractivity contribution in [3.05, 3.63) is 109 Å². The van der Waals surface area contributed by atoms with Crippen molar-refractivity contribution in [3.63, 3.8) is 0 Å². The summed E-state index contributed by atoms with van der Waals surface area (Å²) >= 11 is 0. The summed E-state index contributed by atoms with van der Waals surface area (Å²) < 4.78 is 16.9. The van der Waals surface area contributed by atoms with Gasteiger partial charge >= 0.3 is 17.9 Å². The molecule has 0 N–H and O–H groups in total. The van der Waals surface area contributed by atoms with Gasteiger partial charge in [0, 0.05) is 19.3 Å². The Labute approximate surface area is 501 Å². The fraction of sp³-hybridized carbons (Fsp3) is 0.720. The number of carbonyl (C=O) groups excluding carboxylic acids is 3. The van der Waals surface area contributed by atoms with Gasteiger partial charge in [-0.25, -0.2) is 0 Å². The molecule has 0 aliphatic heterocycles. The monoisotopic (exact) mass is 1120 g/mol. The first-order valence-electron chi connectivity index (χ1n) is 34.4. The van der Waals surface area contributed by atoms with Gasteiger partial charge in [0.05, 0.1) is 0 Å². The number of rotatable bonds is 62. The molecule has 0 aromatic carbocycles. The first-order chi connectivity index (χ1) is 40.0. The molecule has 0 aliphatic carbocycles. The van der Waals surface area contributed by atoms with E-state index in [1.807, 2.05) is 0 Å². The number of esters is 3. The third-order valence-corrected chi connectivity index (χ3v) is 14.7. The van der Waals surface area contributed by atoms with Gasteiger partial charge in [-0.3, -0.25) is 14.4 Å². The Hall–Kier alpha value is -3.93. The summed E-state index contributed by atoms with van der Waals surface area (Å²) in [5.74, 6) is -0.898. The number of hydrogen-bond donors (Lipinski definition) is 0. The molecule has 0 aromatic heterocycles. The lowest BCUT2D eigenvalue weighted by molar-refractivity contribution is -0.167. The van der Waals surface area contributed by atoms with E-state index in [0.717, 1.165) is 135 Å². The molecule has 0 bridgehead atoms. The van der Waals surface area contributed by atoms with E-state index in [9.17, 15) is 14.4 Å². The first-order valence-corrected chi connectivity index (χ1v) is 34.4. The molecule has 0 spiro atoms. The average molecular weight is 1130 g/mol. The largest absolute Gasteiger partial charge is 0.462 e. The van der Waals surface area contributed by atoms with E-state index in [1.54, 1.807) is 0 Å². The van der Waals surface area contributed by atoms with Crippen LogP contribution in [0, 0.1) is 0 Å². The molecule has 0 fully saturated rings. The van der Waals surface area contributed by atoms with Crippen LogP contribution in [0.15, 0.2) is 109 Å². The van der Waals surface area contributed by atoms with Crippen molar-refractivity contribution in [2.24, 2.45) is 0 Å². The van der Waals surface area contributed by atoms with Gasteiger partial charge in [0.2, 0.25) is 0 Å². The number of unbranched alkanes of at least 4 members (excludes halogenated alkanes) is 33. The van der Waals surface area contributed by atoms with Crippen molar-refractivity contribution in [1.82, 2.24) is 0 Å². The Bertz CT molecular complexity index is 1620. The van der Waals surface area contributed by atoms with Crippen LogP contribution in [0.25, 0.3) is 0 Å². The Balaban J connectivity index is 4.24. The van der Waals surface area contributed by atoms with Crippen molar-refractivity contribution >= 4 is 17.9 Å². The molecule has 0 saturated carbocycles. The second-order valence-electron chi connectivity index (χ2n) is 22.7. The number of ether oxygens (including phenoxy) is 3. The normalized spacial score (nSPS) is 12.8. The second-order valence-corrected chi connectivity index (χ2v) is 22.7. The van der Waals surface area contributed by atoms with Crippen LogP contribution >= 0.6 is 0 Å². The highest BCUT2D eigenvalue weighted by Gasteiger charge is 2.19. The average Bonchev–Trinajstić information content (AvgIpc) is 3.47. The summed E-state index contributed by atoms with van der Waals surface area (Å²) in [7, 11) is 0. The summed E-state index contributed by atoms with van der Waals surface area (Å²) in [5.41, 5.74) is 0. The van der Waals surface area contributed by atoms with Crippen molar-refractivity contribution in [3.8, 4) is 0 Å². The lowest BCUT2D eigenvalue weighted by atomic mass is 10.0. The summed E-state index contributed by atoms with van der Waals surface area (Å²) in [6.07, 6.45) is 94.0. The summed E-state index contributed by atoms with van der Waals surface area (Å²) in [6, 6.07) is 0. The Morgan fingerprint density at radius 3 is 0.753 bits per heavy atom. The third-order valence-electron chi connectivity index (χ3n) is 14.7. The predicted octanol–water partition coefficient (Wildman–Crippen LogP) is 23.8. The second kappa shape index (κ2) is 68.6. The van der Waals surface area contributed by atoms with E-state index in [-0.39, 0.29) is 31.1 Å². The molecule has 1 unspecified atom stereocenters. The van der Waals surface area contributed by atoms with Crippen LogP contribution in [0.5, 0.6) is 0 Å². The van der Waals surface area contributed by atoms with E-state index in [1.165, 1.54) is 154 Å². The lowest BCUT2D eigenvalue weighted by Crippen LogP contribution is -2.30. The van der Waals surface area contributed by atoms with Crippen LogP contribution in [-0.4, -0.2) is 37.2 Å². The van der Waals surface area contributed by atoms with Crippen molar-refractivity contribution < 1.29 is 28.6 Å². The maximum atomic E-state index is 12.9. The Kier molecular flexibility index (Phi) is 65.2. The topological polar surface area (TPSA) is 78.9 Å². The van der Waals surface area contributed by atoms with Gasteiger partial charge in [-0.05, 0) is 122 Å². The lowest BCUT2D eigenvalue weighted by Gasteiger charge is -2.18. The van der Waals surface area contributed by atoms with Crippen LogP contribution in [-0.2, 0) is 28.6 Å². The minimum atomic E-state index is -0.791. The van der Waals surface area contributed by atoms with E-state index in [2.05, 4.69) is 130 Å². The summed E-state index contributed by atoms with van der Waals surface area (Å²) in [6.45, 7) is 6.40. The van der Waals surface area contributed by atoms with Crippen LogP contribution in [0.3, 0.4) is 0 Å². The first kappa shape index (κ1) is 77.1. The van der Waals surface area contributed by atoms with E-state index >= 15 is 0 Å². The molecule has 0 radical (unpaired) electrons. The molecule has 0 saturated heterocycles. The molecular formula is C75H128O6. The highest BCUT2D eigenvalue weighted by molar-refractivity contribution is 5.71. The maximum absolute atomic E-state index is 12.9. The van der Waals surface area contributed by atoms with Gasteiger partial charge in [-0.2, -0.15) is 0 Å². The smallest absolute Gasteiger partial charge is 0.306 e. The van der Waals surface area contributed by atoms with Gasteiger partial charge in [0.1, 0.15) is 13.2 Å². The van der Waals surface area contributed by atoms with Crippen LogP contribution < -0.4 is 0 Å². The summed E-state index contributed by atoms with van der Waals surface area (Å²) in [4.78, 5) is 38.4. The fourth-order valence-electron chi connectivity index (χ4n) is 9.66. The quantitative estimate of drug-likeness (QED) is 0.0261. The molecule has 0 amide bonds. The number of allylic oxidation sites excluding steroid dienone is 18. The minimum Gasteiger partial charge on any atom is -0.462 e. The van der Waals surface area contributed by atoms with Gasteiger partial charge in [0.15, 0.2) is 6.10 Å². The predicted molar refractivity (Wildman–Crippen MR) is 353 cm³/mol. The SMILES string of the molecule is CC/C=C\C/C=C\C/C=C\C/C=C\CCCCCCCCCCCCCCCCCCCCC(=O)OCC(COC(=O)CCCCCCC/C=C\C/C=C\C/C=C\CC)OC(=O)CCCCCCCCC/C=C\C/C=C\CCCCC. The fourth-order valence-corrected chi connectivity index (χ4v) is 9.66. The van der Waals surface area contributed by atoms with E-state index < -0.39 is 6.10 Å². The van der Waals surface area contributed by atoms with E-state index in [0.29, 0.717) is 19.3 Å². The zero-order valence-electron chi connectivity index (χ0n) is 53.3. The number of hydrogen-bond acceptors (Lipinski definition) is 6. The van der Waals surface area contributed by atoms with Gasteiger partial charge in [-0.15, -0.1) is 0 Å². The molecule has 0 rings (SSSR count). The Morgan fingerprint density at radius 1 is 0.259 bits per heavy atom. The van der Waals surface area contributed by atoms with Crippen molar-refractivity contribution in [1.29, 1.82) is 0 Å². The molecule has 6 heteroatoms. The van der Waals surface area contributed by atoms with Gasteiger partial charge in [0.25, 0.3) is 0 Å². The maximum Gasteiger partial charge on any atom is 0.306 e. The zero-order chi connectivity index (χ0) is 58.5. The van der Waals surface area contributed by atoms with Crippen molar-refractivity contribution in [2.45, 2.75) is 335 Å². The highest BCUT2D eigenvalue weighted by Crippen LogP contribution is 2.17. The standard InChI is InChI=1S/C75H128O6/c1-4-7-10-13-16-19-22-25-28-30-31-32-33-34-35-36-37-38-39-40-41-42-43-45-47-50-53-56-59-62-65-68-74(77)80-71-72(70-79-73(76)67-64-61-58-55-52-49-46-27-24-21-18-15-12-9-6-3)81-75(78)69-66-63-60-57-54-51-48-44-29-26-23-20-17-14-11-8-5-2/h7,9-10,12,16-21,25-29,31-32,46,72H,4-6,8,11,13-15,22-24,30,33-45,47-71H2,1-3H3/b10-7-,12-9-,19-16-,20-17-,21-18-,28-25-,29-26-,32-31-,46-27-. The molecule has 81 heavy (non-hydrogen) atoms. The molecule has 6 nitrogen and oxygen atoms in total. The van der Waals surface area contributed by atoms with Gasteiger partial charge < -0.3 is 14.2 Å². The minimum absolute atomic E-state index is 0.0849. The molecule has 0 heterocycles. The summed E-state index contributed by atoms with van der Waals surface area (Å²) in [5, 5.41) is 0. The third kappa shape index (κ3) is 66.8. The molecule has 0 aliphatic rings. The van der Waals surface area contributed by atoms with Gasteiger partial charge in [-0.1, -0.05) is 297 Å². The molecule has 1 atom stereocenters. The van der Waals surface area contributed by atoms with Crippen LogP contribution in [0.2, 0.25) is 0 Å². The van der Waals surface area contributed by atoms with Crippen molar-refractivity contribution in [2.75, 3.05) is 13.2 Å². The van der Waals surface area contributed by atoms with Crippen LogP contribution in [0.4, 0.5) is 0 Å².